The van der Waals surface area contributed by atoms with E-state index < -0.39 is 5.97 Å². The molecule has 66 valence electrons. The molecular weight excluding hydrogens is 244 g/mol. The summed E-state index contributed by atoms with van der Waals surface area (Å²) in [7, 11) is 1.46. The van der Waals surface area contributed by atoms with Gasteiger partial charge in [-0.1, -0.05) is 0 Å². The molecule has 12 heavy (non-hydrogen) atoms. The number of carbonyl (C=O) groups is 1. The molecule has 1 heterocycles. The van der Waals surface area contributed by atoms with Crippen LogP contribution < -0.4 is 4.74 Å². The maximum atomic E-state index is 10.7. The standard InChI is InChI=1S/C7H7BrO3S/c1-3-4(8)5(11-2)6(12-3)7(9)10/h1-2H3,(H,9,10). The van der Waals surface area contributed by atoms with E-state index in [0.29, 0.717) is 5.75 Å². The molecule has 0 fully saturated rings. The van der Waals surface area contributed by atoms with Crippen LogP contribution >= 0.6 is 27.3 Å². The van der Waals surface area contributed by atoms with E-state index in [2.05, 4.69) is 15.9 Å². The van der Waals surface area contributed by atoms with Gasteiger partial charge in [-0.05, 0) is 22.9 Å². The number of carboxylic acid groups (broad SMARTS) is 1. The minimum Gasteiger partial charge on any atom is -0.494 e. The van der Waals surface area contributed by atoms with E-state index in [1.165, 1.54) is 18.4 Å². The van der Waals surface area contributed by atoms with E-state index in [-0.39, 0.29) is 4.88 Å². The Morgan fingerprint density at radius 1 is 1.67 bits per heavy atom. The normalized spacial score (nSPS) is 9.92. The second-order valence-electron chi connectivity index (χ2n) is 2.14. The van der Waals surface area contributed by atoms with Gasteiger partial charge in [0.25, 0.3) is 0 Å². The smallest absolute Gasteiger partial charge is 0.349 e. The lowest BCUT2D eigenvalue weighted by atomic mass is 10.4. The summed E-state index contributed by atoms with van der Waals surface area (Å²) < 4.78 is 5.67. The molecular formula is C7H7BrO3S. The maximum absolute atomic E-state index is 10.7. The number of halogens is 1. The van der Waals surface area contributed by atoms with Crippen molar-refractivity contribution in [1.82, 2.24) is 0 Å². The lowest BCUT2D eigenvalue weighted by Gasteiger charge is -1.97. The van der Waals surface area contributed by atoms with Crippen molar-refractivity contribution in [2.45, 2.75) is 6.92 Å². The predicted octanol–water partition coefficient (Wildman–Crippen LogP) is 2.53. The van der Waals surface area contributed by atoms with E-state index in [9.17, 15) is 4.79 Å². The van der Waals surface area contributed by atoms with Gasteiger partial charge in [0.2, 0.25) is 0 Å². The lowest BCUT2D eigenvalue weighted by molar-refractivity contribution is 0.0699. The SMILES string of the molecule is COc1c(C(=O)O)sc(C)c1Br. The molecule has 1 N–H and O–H groups in total. The van der Waals surface area contributed by atoms with Crippen molar-refractivity contribution in [2.24, 2.45) is 0 Å². The Kier molecular flexibility index (Phi) is 2.74. The van der Waals surface area contributed by atoms with E-state index in [1.54, 1.807) is 0 Å². The first-order chi connectivity index (χ1) is 5.57. The van der Waals surface area contributed by atoms with Gasteiger partial charge in [-0.15, -0.1) is 11.3 Å². The van der Waals surface area contributed by atoms with Crippen molar-refractivity contribution in [3.05, 3.63) is 14.2 Å². The fraction of sp³-hybridized carbons (Fsp3) is 0.286. The average Bonchev–Trinajstić information content (AvgIpc) is 2.29. The van der Waals surface area contributed by atoms with Crippen molar-refractivity contribution in [3.8, 4) is 5.75 Å². The Morgan fingerprint density at radius 3 is 2.58 bits per heavy atom. The van der Waals surface area contributed by atoms with Crippen LogP contribution in [0.15, 0.2) is 4.47 Å². The molecule has 0 aliphatic heterocycles. The first-order valence-corrected chi connectivity index (χ1v) is 4.75. The van der Waals surface area contributed by atoms with Crippen LogP contribution in [0.2, 0.25) is 0 Å². The number of aromatic carboxylic acids is 1. The number of thiophene rings is 1. The van der Waals surface area contributed by atoms with Crippen LogP contribution in [0.25, 0.3) is 0 Å². The quantitative estimate of drug-likeness (QED) is 0.878. The van der Waals surface area contributed by atoms with Crippen LogP contribution in [0.1, 0.15) is 14.5 Å². The van der Waals surface area contributed by atoms with Crippen LogP contribution in [0.4, 0.5) is 0 Å². The number of carboxylic acids is 1. The highest BCUT2D eigenvalue weighted by Gasteiger charge is 2.19. The van der Waals surface area contributed by atoms with Crippen molar-refractivity contribution in [1.29, 1.82) is 0 Å². The number of hydrogen-bond acceptors (Lipinski definition) is 3. The Labute approximate surface area is 82.1 Å². The molecule has 3 nitrogen and oxygen atoms in total. The van der Waals surface area contributed by atoms with Crippen molar-refractivity contribution in [2.75, 3.05) is 7.11 Å². The lowest BCUT2D eigenvalue weighted by Crippen LogP contribution is -1.95. The first-order valence-electron chi connectivity index (χ1n) is 3.14. The minimum atomic E-state index is -0.953. The first kappa shape index (κ1) is 9.54. The fourth-order valence-electron chi connectivity index (χ4n) is 0.827. The van der Waals surface area contributed by atoms with Crippen molar-refractivity contribution < 1.29 is 14.6 Å². The van der Waals surface area contributed by atoms with Gasteiger partial charge in [0, 0.05) is 4.88 Å². The molecule has 5 heteroatoms. The molecule has 0 saturated heterocycles. The summed E-state index contributed by atoms with van der Waals surface area (Å²) in [6.45, 7) is 1.84. The topological polar surface area (TPSA) is 46.5 Å². The molecule has 0 aromatic carbocycles. The molecule has 0 aliphatic rings. The Balaban J connectivity index is 3.29. The number of methoxy groups -OCH3 is 1. The summed E-state index contributed by atoms with van der Waals surface area (Å²) in [6, 6.07) is 0. The Morgan fingerprint density at radius 2 is 2.25 bits per heavy atom. The zero-order valence-corrected chi connectivity index (χ0v) is 8.95. The molecule has 0 saturated carbocycles. The Hall–Kier alpha value is -0.550. The highest BCUT2D eigenvalue weighted by atomic mass is 79.9. The van der Waals surface area contributed by atoms with Gasteiger partial charge in [-0.2, -0.15) is 0 Å². The summed E-state index contributed by atoms with van der Waals surface area (Å²) in [5.41, 5.74) is 0. The number of rotatable bonds is 2. The highest BCUT2D eigenvalue weighted by Crippen LogP contribution is 2.38. The monoisotopic (exact) mass is 250 g/mol. The van der Waals surface area contributed by atoms with Gasteiger partial charge in [0.05, 0.1) is 11.6 Å². The van der Waals surface area contributed by atoms with Crippen molar-refractivity contribution in [3.63, 3.8) is 0 Å². The fourth-order valence-corrected chi connectivity index (χ4v) is 2.41. The molecule has 1 rings (SSSR count). The van der Waals surface area contributed by atoms with Crippen LogP contribution in [0.3, 0.4) is 0 Å². The number of aryl methyl sites for hydroxylation is 1. The van der Waals surface area contributed by atoms with Crippen LogP contribution in [0.5, 0.6) is 5.75 Å². The summed E-state index contributed by atoms with van der Waals surface area (Å²) in [5.74, 6) is -0.546. The van der Waals surface area contributed by atoms with Gasteiger partial charge >= 0.3 is 5.97 Å². The predicted molar refractivity (Wildman–Crippen MR) is 50.3 cm³/mol. The van der Waals surface area contributed by atoms with E-state index in [4.69, 9.17) is 9.84 Å². The third-order valence-corrected chi connectivity index (χ3v) is 3.66. The molecule has 0 radical (unpaired) electrons. The molecule has 1 aromatic rings. The molecule has 1 aromatic heterocycles. The summed E-state index contributed by atoms with van der Waals surface area (Å²) in [4.78, 5) is 11.8. The summed E-state index contributed by atoms with van der Waals surface area (Å²) >= 11 is 4.45. The van der Waals surface area contributed by atoms with Crippen LogP contribution in [0, 0.1) is 6.92 Å². The Bertz CT molecular complexity index is 319. The molecule has 0 bridgehead atoms. The second kappa shape index (κ2) is 3.45. The van der Waals surface area contributed by atoms with Crippen molar-refractivity contribution >= 4 is 33.2 Å². The summed E-state index contributed by atoms with van der Waals surface area (Å²) in [5, 5.41) is 8.74. The largest absolute Gasteiger partial charge is 0.494 e. The molecule has 0 aliphatic carbocycles. The van der Waals surface area contributed by atoms with Gasteiger partial charge in [-0.3, -0.25) is 0 Å². The van der Waals surface area contributed by atoms with Gasteiger partial charge in [0.15, 0.2) is 10.6 Å². The van der Waals surface area contributed by atoms with Crippen LogP contribution in [-0.2, 0) is 0 Å². The number of ether oxygens (including phenoxy) is 1. The molecule has 0 atom stereocenters. The average molecular weight is 251 g/mol. The maximum Gasteiger partial charge on any atom is 0.349 e. The van der Waals surface area contributed by atoms with E-state index in [1.807, 2.05) is 6.92 Å². The van der Waals surface area contributed by atoms with E-state index >= 15 is 0 Å². The zero-order chi connectivity index (χ0) is 9.30. The van der Waals surface area contributed by atoms with E-state index in [0.717, 1.165) is 9.35 Å². The van der Waals surface area contributed by atoms with Gasteiger partial charge in [0.1, 0.15) is 0 Å². The summed E-state index contributed by atoms with van der Waals surface area (Å²) in [6.07, 6.45) is 0. The highest BCUT2D eigenvalue weighted by molar-refractivity contribution is 9.10. The zero-order valence-electron chi connectivity index (χ0n) is 6.55. The molecule has 0 unspecified atom stereocenters. The molecule has 0 spiro atoms. The van der Waals surface area contributed by atoms with Gasteiger partial charge in [-0.25, -0.2) is 4.79 Å². The third-order valence-electron chi connectivity index (χ3n) is 1.37. The van der Waals surface area contributed by atoms with Gasteiger partial charge < -0.3 is 9.84 Å². The van der Waals surface area contributed by atoms with Crippen LogP contribution in [-0.4, -0.2) is 18.2 Å². The number of hydrogen-bond donors (Lipinski definition) is 1. The minimum absolute atomic E-state index is 0.238. The molecule has 0 amide bonds. The second-order valence-corrected chi connectivity index (χ2v) is 4.16. The third kappa shape index (κ3) is 1.47.